The zero-order valence-electron chi connectivity index (χ0n) is 37.3. The molecule has 324 valence electrons. The van der Waals surface area contributed by atoms with Crippen molar-refractivity contribution in [2.45, 2.75) is 214 Å². The summed E-state index contributed by atoms with van der Waals surface area (Å²) in [5, 5.41) is 21.3. The van der Waals surface area contributed by atoms with Gasteiger partial charge in [-0.1, -0.05) is 195 Å². The lowest BCUT2D eigenvalue weighted by Crippen LogP contribution is -2.17. The van der Waals surface area contributed by atoms with Gasteiger partial charge in [0.2, 0.25) is 0 Å². The topological polar surface area (TPSA) is 83.6 Å². The zero-order chi connectivity index (χ0) is 41.0. The van der Waals surface area contributed by atoms with Crippen LogP contribution in [0.25, 0.3) is 0 Å². The van der Waals surface area contributed by atoms with E-state index < -0.39 is 0 Å². The summed E-state index contributed by atoms with van der Waals surface area (Å²) in [4.78, 5) is 9.38. The number of aliphatic imine (C=N–C) groups is 2. The Morgan fingerprint density at radius 3 is 1.14 bits per heavy atom. The van der Waals surface area contributed by atoms with E-state index in [-0.39, 0.29) is 23.5 Å². The lowest BCUT2D eigenvalue weighted by Gasteiger charge is -2.14. The summed E-state index contributed by atoms with van der Waals surface area (Å²) in [6.07, 6.45) is 40.9. The van der Waals surface area contributed by atoms with Crippen LogP contribution in [-0.2, 0) is 0 Å². The van der Waals surface area contributed by atoms with Gasteiger partial charge in [0.25, 0.3) is 0 Å². The molecule has 2 aromatic rings. The van der Waals surface area contributed by atoms with Crippen LogP contribution in [0.2, 0.25) is 0 Å². The number of aromatic hydroxyl groups is 2. The number of hydrogen-bond acceptors (Lipinski definition) is 6. The molecule has 1 atom stereocenters. The number of phenolic OH excluding ortho intramolecular Hbond substituents is 2. The van der Waals surface area contributed by atoms with Crippen LogP contribution < -0.4 is 9.47 Å². The van der Waals surface area contributed by atoms with Gasteiger partial charge < -0.3 is 19.7 Å². The summed E-state index contributed by atoms with van der Waals surface area (Å²) >= 11 is 0. The Morgan fingerprint density at radius 2 is 0.807 bits per heavy atom. The molecule has 2 rings (SSSR count). The molecule has 0 radical (unpaired) electrons. The van der Waals surface area contributed by atoms with Crippen molar-refractivity contribution in [2.75, 3.05) is 19.8 Å². The molecule has 2 aromatic carbocycles. The second-order valence-corrected chi connectivity index (χ2v) is 16.9. The first-order chi connectivity index (χ1) is 27.9. The third kappa shape index (κ3) is 26.6. The van der Waals surface area contributed by atoms with E-state index in [9.17, 15) is 10.2 Å². The highest BCUT2D eigenvalue weighted by Crippen LogP contribution is 2.25. The van der Waals surface area contributed by atoms with Gasteiger partial charge in [-0.2, -0.15) is 0 Å². The van der Waals surface area contributed by atoms with Gasteiger partial charge in [-0.3, -0.25) is 9.98 Å². The van der Waals surface area contributed by atoms with Crippen molar-refractivity contribution in [1.29, 1.82) is 0 Å². The quantitative estimate of drug-likeness (QED) is 0.0524. The summed E-state index contributed by atoms with van der Waals surface area (Å²) in [5.74, 6) is 1.97. The third-order valence-electron chi connectivity index (χ3n) is 11.2. The molecule has 0 saturated heterocycles. The molecule has 0 fully saturated rings. The summed E-state index contributed by atoms with van der Waals surface area (Å²) in [5.41, 5.74) is 1.32. The highest BCUT2D eigenvalue weighted by atomic mass is 16.5. The largest absolute Gasteiger partial charge is 0.507 e. The third-order valence-corrected chi connectivity index (χ3v) is 11.2. The first kappa shape index (κ1) is 50.1. The van der Waals surface area contributed by atoms with E-state index in [0.29, 0.717) is 42.4 Å². The average molecular weight is 791 g/mol. The predicted octanol–water partition coefficient (Wildman–Crippen LogP) is 15.4. The van der Waals surface area contributed by atoms with Crippen LogP contribution in [0.1, 0.15) is 219 Å². The average Bonchev–Trinajstić information content (AvgIpc) is 3.20. The molecule has 0 heterocycles. The van der Waals surface area contributed by atoms with Crippen LogP contribution in [0.5, 0.6) is 23.0 Å². The summed E-state index contributed by atoms with van der Waals surface area (Å²) in [7, 11) is 0. The van der Waals surface area contributed by atoms with Crippen LogP contribution >= 0.6 is 0 Å². The lowest BCUT2D eigenvalue weighted by atomic mass is 10.0. The van der Waals surface area contributed by atoms with Gasteiger partial charge in [0.15, 0.2) is 0 Å². The van der Waals surface area contributed by atoms with E-state index in [2.05, 4.69) is 32.7 Å². The molecule has 0 bridgehead atoms. The SMILES string of the molecule is CCCCCCCCCCCCCCCCOc1ccc(C=NC[C@@H](N=Cc2ccc(OCCCCCCCCCCCCCCCC)cc2O)C(C)C)c(O)c1. The number of ether oxygens (including phenoxy) is 2. The molecule has 57 heavy (non-hydrogen) atoms. The summed E-state index contributed by atoms with van der Waals surface area (Å²) < 4.78 is 11.9. The van der Waals surface area contributed by atoms with Gasteiger partial charge in [-0.15, -0.1) is 0 Å². The molecular formula is C51H86N2O4. The van der Waals surface area contributed by atoms with Crippen molar-refractivity contribution in [3.05, 3.63) is 47.5 Å². The fourth-order valence-electron chi connectivity index (χ4n) is 7.28. The van der Waals surface area contributed by atoms with Crippen LogP contribution in [0.15, 0.2) is 46.4 Å². The normalized spacial score (nSPS) is 12.4. The van der Waals surface area contributed by atoms with Crippen molar-refractivity contribution in [3.8, 4) is 23.0 Å². The molecule has 6 heteroatoms. The Hall–Kier alpha value is -3.02. The van der Waals surface area contributed by atoms with Gasteiger partial charge in [-0.05, 0) is 43.0 Å². The Balaban J connectivity index is 1.59. The smallest absolute Gasteiger partial charge is 0.128 e. The van der Waals surface area contributed by atoms with Crippen molar-refractivity contribution in [1.82, 2.24) is 0 Å². The highest BCUT2D eigenvalue weighted by molar-refractivity contribution is 5.84. The zero-order valence-corrected chi connectivity index (χ0v) is 37.3. The number of phenols is 2. The van der Waals surface area contributed by atoms with E-state index in [1.54, 1.807) is 24.6 Å². The number of unbranched alkanes of at least 4 members (excludes halogenated alkanes) is 26. The van der Waals surface area contributed by atoms with Gasteiger partial charge in [0, 0.05) is 35.7 Å². The van der Waals surface area contributed by atoms with E-state index in [0.717, 1.165) is 12.8 Å². The first-order valence-electron chi connectivity index (χ1n) is 23.9. The molecule has 6 nitrogen and oxygen atoms in total. The van der Waals surface area contributed by atoms with Crippen LogP contribution in [0.4, 0.5) is 0 Å². The minimum atomic E-state index is -0.0632. The number of hydrogen-bond donors (Lipinski definition) is 2. The minimum absolute atomic E-state index is 0.0632. The maximum atomic E-state index is 10.7. The Morgan fingerprint density at radius 1 is 0.474 bits per heavy atom. The van der Waals surface area contributed by atoms with Gasteiger partial charge in [-0.25, -0.2) is 0 Å². The second kappa shape index (κ2) is 35.0. The first-order valence-corrected chi connectivity index (χ1v) is 23.9. The molecule has 0 aliphatic rings. The summed E-state index contributed by atoms with van der Waals surface area (Å²) in [6, 6.07) is 10.8. The fraction of sp³-hybridized carbons (Fsp3) is 0.725. The van der Waals surface area contributed by atoms with Crippen LogP contribution in [-0.4, -0.2) is 48.4 Å². The second-order valence-electron chi connectivity index (χ2n) is 16.9. The van der Waals surface area contributed by atoms with E-state index in [1.165, 1.54) is 167 Å². The monoisotopic (exact) mass is 791 g/mol. The van der Waals surface area contributed by atoms with Gasteiger partial charge in [0.1, 0.15) is 23.0 Å². The van der Waals surface area contributed by atoms with E-state index in [1.807, 2.05) is 24.3 Å². The minimum Gasteiger partial charge on any atom is -0.507 e. The summed E-state index contributed by atoms with van der Waals surface area (Å²) in [6.45, 7) is 10.6. The van der Waals surface area contributed by atoms with Crippen molar-refractivity contribution in [3.63, 3.8) is 0 Å². The van der Waals surface area contributed by atoms with Crippen LogP contribution in [0, 0.1) is 5.92 Å². The molecule has 0 aromatic heterocycles. The Labute approximate surface area is 350 Å². The molecule has 0 aliphatic heterocycles. The number of rotatable bonds is 38. The molecular weight excluding hydrogens is 705 g/mol. The molecule has 0 unspecified atom stereocenters. The molecule has 0 saturated carbocycles. The van der Waals surface area contributed by atoms with Gasteiger partial charge in [0.05, 0.1) is 25.8 Å². The maximum absolute atomic E-state index is 10.7. The van der Waals surface area contributed by atoms with Crippen LogP contribution in [0.3, 0.4) is 0 Å². The molecule has 0 spiro atoms. The maximum Gasteiger partial charge on any atom is 0.128 e. The molecule has 2 N–H and O–H groups in total. The van der Waals surface area contributed by atoms with Crippen molar-refractivity contribution < 1.29 is 19.7 Å². The Bertz CT molecular complexity index is 1290. The highest BCUT2D eigenvalue weighted by Gasteiger charge is 2.12. The standard InChI is InChI=1S/C51H86N2O4/c1-5-7-9-11-13-15-17-19-21-23-25-27-29-31-37-56-47-35-33-45(50(54)39-47)41-52-43-49(44(3)4)53-42-46-34-36-48(40-51(46)55)57-38-32-30-28-26-24-22-20-18-16-14-12-10-8-6-2/h33-36,39-42,44,49,54-55H,5-32,37-38,43H2,1-4H3/t49-/m1/s1. The van der Waals surface area contributed by atoms with E-state index >= 15 is 0 Å². The number of benzene rings is 2. The molecule has 0 amide bonds. The molecule has 0 aliphatic carbocycles. The Kier molecular flexibility index (Phi) is 30.8. The van der Waals surface area contributed by atoms with E-state index in [4.69, 9.17) is 14.5 Å². The van der Waals surface area contributed by atoms with Gasteiger partial charge >= 0.3 is 0 Å². The lowest BCUT2D eigenvalue weighted by molar-refractivity contribution is 0.302. The number of nitrogens with zero attached hydrogens (tertiary/aromatic N) is 2. The predicted molar refractivity (Wildman–Crippen MR) is 247 cm³/mol. The van der Waals surface area contributed by atoms with Crippen molar-refractivity contribution >= 4 is 12.4 Å². The van der Waals surface area contributed by atoms with Crippen molar-refractivity contribution in [2.24, 2.45) is 15.9 Å². The fourth-order valence-corrected chi connectivity index (χ4v) is 7.28.